The highest BCUT2D eigenvalue weighted by Gasteiger charge is 2.38. The van der Waals surface area contributed by atoms with Crippen molar-refractivity contribution in [3.63, 3.8) is 0 Å². The lowest BCUT2D eigenvalue weighted by molar-refractivity contribution is -0.134. The average Bonchev–Trinajstić information content (AvgIpc) is 2.18. The zero-order valence-electron chi connectivity index (χ0n) is 9.29. The summed E-state index contributed by atoms with van der Waals surface area (Å²) in [4.78, 5) is 11.5. The molecule has 0 bridgehead atoms. The summed E-state index contributed by atoms with van der Waals surface area (Å²) in [7, 11) is 1.68. The van der Waals surface area contributed by atoms with Crippen molar-refractivity contribution in [1.29, 1.82) is 0 Å². The van der Waals surface area contributed by atoms with Crippen molar-refractivity contribution in [2.75, 3.05) is 20.2 Å². The third-order valence-electron chi connectivity index (χ3n) is 2.90. The topological polar surface area (TPSA) is 64.3 Å². The molecular weight excluding hydrogens is 192 g/mol. The van der Waals surface area contributed by atoms with Gasteiger partial charge in [0.05, 0.1) is 12.0 Å². The molecular formula is C11H20N2O2. The molecule has 1 aliphatic rings. The Labute approximate surface area is 90.9 Å². The summed E-state index contributed by atoms with van der Waals surface area (Å²) < 4.78 is 5.37. The highest BCUT2D eigenvalue weighted by atomic mass is 16.5. The van der Waals surface area contributed by atoms with E-state index in [0.717, 1.165) is 19.3 Å². The molecule has 0 heterocycles. The van der Waals surface area contributed by atoms with Gasteiger partial charge in [-0.3, -0.25) is 4.79 Å². The number of hydrogen-bond donors (Lipinski definition) is 2. The second kappa shape index (κ2) is 5.88. The zero-order valence-corrected chi connectivity index (χ0v) is 9.29. The molecule has 0 radical (unpaired) electrons. The first-order chi connectivity index (χ1) is 7.22. The lowest BCUT2D eigenvalue weighted by Crippen LogP contribution is -2.43. The van der Waals surface area contributed by atoms with Gasteiger partial charge in [-0.05, 0) is 19.3 Å². The summed E-state index contributed by atoms with van der Waals surface area (Å²) in [5.74, 6) is 0.0539. The molecule has 86 valence electrons. The summed E-state index contributed by atoms with van der Waals surface area (Å²) in [5.41, 5.74) is 5.10. The number of carbonyl (C=O) groups is 1. The van der Waals surface area contributed by atoms with Gasteiger partial charge in [-0.2, -0.15) is 0 Å². The molecule has 4 heteroatoms. The lowest BCUT2D eigenvalue weighted by atomic mass is 9.77. The van der Waals surface area contributed by atoms with E-state index in [2.05, 4.69) is 5.32 Å². The summed E-state index contributed by atoms with van der Waals surface area (Å²) in [5, 5.41) is 2.81. The average molecular weight is 212 g/mol. The van der Waals surface area contributed by atoms with E-state index < -0.39 is 0 Å². The van der Waals surface area contributed by atoms with Crippen LogP contribution in [-0.2, 0) is 9.53 Å². The summed E-state index contributed by atoms with van der Waals surface area (Å²) in [6.45, 7) is 1.06. The van der Waals surface area contributed by atoms with Crippen molar-refractivity contribution >= 4 is 5.91 Å². The van der Waals surface area contributed by atoms with Crippen LogP contribution >= 0.6 is 0 Å². The molecule has 3 N–H and O–H groups in total. The molecule has 1 aliphatic carbocycles. The molecule has 0 aliphatic heterocycles. The van der Waals surface area contributed by atoms with Crippen LogP contribution in [0.15, 0.2) is 12.2 Å². The molecule has 1 saturated carbocycles. The number of nitrogens with two attached hydrogens (primary N) is 1. The quantitative estimate of drug-likeness (QED) is 0.633. The fraction of sp³-hybridized carbons (Fsp3) is 0.727. The van der Waals surface area contributed by atoms with Crippen LogP contribution < -0.4 is 11.1 Å². The second-order valence-electron chi connectivity index (χ2n) is 3.93. The molecule has 0 aromatic rings. The van der Waals surface area contributed by atoms with Crippen molar-refractivity contribution in [1.82, 2.24) is 5.32 Å². The Balaban J connectivity index is 2.20. The van der Waals surface area contributed by atoms with Gasteiger partial charge in [-0.25, -0.2) is 0 Å². The Hall–Kier alpha value is -0.870. The predicted octanol–water partition coefficient (Wildman–Crippen LogP) is 0.577. The molecule has 1 fully saturated rings. The van der Waals surface area contributed by atoms with E-state index in [-0.39, 0.29) is 11.5 Å². The molecule has 0 aromatic carbocycles. The van der Waals surface area contributed by atoms with Gasteiger partial charge in [0.15, 0.2) is 0 Å². The van der Waals surface area contributed by atoms with E-state index in [0.29, 0.717) is 19.5 Å². The zero-order chi connectivity index (χ0) is 11.1. The Kier molecular flexibility index (Phi) is 4.78. The number of hydrogen-bond acceptors (Lipinski definition) is 3. The molecule has 0 aromatic heterocycles. The van der Waals surface area contributed by atoms with Crippen LogP contribution in [0.5, 0.6) is 0 Å². The van der Waals surface area contributed by atoms with E-state index in [1.807, 2.05) is 12.2 Å². The Morgan fingerprint density at radius 1 is 1.53 bits per heavy atom. The van der Waals surface area contributed by atoms with E-state index in [9.17, 15) is 4.79 Å². The number of ether oxygens (including phenoxy) is 1. The van der Waals surface area contributed by atoms with Crippen LogP contribution in [0, 0.1) is 0 Å². The van der Waals surface area contributed by atoms with Gasteiger partial charge in [0.25, 0.3) is 0 Å². The Morgan fingerprint density at radius 3 is 2.73 bits per heavy atom. The summed E-state index contributed by atoms with van der Waals surface area (Å²) in [6.07, 6.45) is 7.31. The standard InChI is InChI=1S/C11H20N2O2/c1-15-11(5-4-6-11)9-10(14)13-8-3-2-7-12/h2-3H,4-9,12H2,1H3,(H,13,14)/b3-2+. The minimum atomic E-state index is -0.179. The minimum absolute atomic E-state index is 0.0539. The third-order valence-corrected chi connectivity index (χ3v) is 2.90. The molecule has 0 saturated heterocycles. The van der Waals surface area contributed by atoms with Crippen molar-refractivity contribution in [2.45, 2.75) is 31.3 Å². The molecule has 0 unspecified atom stereocenters. The minimum Gasteiger partial charge on any atom is -0.378 e. The van der Waals surface area contributed by atoms with Gasteiger partial charge in [0.1, 0.15) is 0 Å². The summed E-state index contributed by atoms with van der Waals surface area (Å²) in [6, 6.07) is 0. The number of nitrogens with one attached hydrogen (secondary N) is 1. The maximum Gasteiger partial charge on any atom is 0.223 e. The first-order valence-electron chi connectivity index (χ1n) is 5.39. The Morgan fingerprint density at radius 2 is 2.27 bits per heavy atom. The molecule has 0 spiro atoms. The van der Waals surface area contributed by atoms with Gasteiger partial charge in [0, 0.05) is 20.2 Å². The highest BCUT2D eigenvalue weighted by molar-refractivity contribution is 5.77. The lowest BCUT2D eigenvalue weighted by Gasteiger charge is -2.39. The van der Waals surface area contributed by atoms with E-state index in [1.54, 1.807) is 7.11 Å². The van der Waals surface area contributed by atoms with Crippen LogP contribution in [0.2, 0.25) is 0 Å². The van der Waals surface area contributed by atoms with Crippen molar-refractivity contribution in [2.24, 2.45) is 5.73 Å². The largest absolute Gasteiger partial charge is 0.378 e. The van der Waals surface area contributed by atoms with Crippen LogP contribution in [0.3, 0.4) is 0 Å². The van der Waals surface area contributed by atoms with Crippen molar-refractivity contribution in [3.8, 4) is 0 Å². The first kappa shape index (κ1) is 12.2. The fourth-order valence-corrected chi connectivity index (χ4v) is 1.73. The van der Waals surface area contributed by atoms with Crippen molar-refractivity contribution < 1.29 is 9.53 Å². The van der Waals surface area contributed by atoms with Gasteiger partial charge < -0.3 is 15.8 Å². The van der Waals surface area contributed by atoms with E-state index >= 15 is 0 Å². The van der Waals surface area contributed by atoms with Crippen LogP contribution in [0.4, 0.5) is 0 Å². The Bertz CT molecular complexity index is 229. The molecule has 4 nitrogen and oxygen atoms in total. The fourth-order valence-electron chi connectivity index (χ4n) is 1.73. The molecule has 15 heavy (non-hydrogen) atoms. The van der Waals surface area contributed by atoms with E-state index in [4.69, 9.17) is 10.5 Å². The molecule has 1 rings (SSSR count). The van der Waals surface area contributed by atoms with Crippen LogP contribution in [-0.4, -0.2) is 31.7 Å². The van der Waals surface area contributed by atoms with Gasteiger partial charge in [-0.1, -0.05) is 12.2 Å². The molecule has 0 atom stereocenters. The van der Waals surface area contributed by atoms with Crippen molar-refractivity contribution in [3.05, 3.63) is 12.2 Å². The summed E-state index contributed by atoms with van der Waals surface area (Å²) >= 11 is 0. The smallest absolute Gasteiger partial charge is 0.223 e. The first-order valence-corrected chi connectivity index (χ1v) is 5.39. The predicted molar refractivity (Wildman–Crippen MR) is 59.4 cm³/mol. The number of amides is 1. The highest BCUT2D eigenvalue weighted by Crippen LogP contribution is 2.37. The number of carbonyl (C=O) groups excluding carboxylic acids is 1. The number of rotatable bonds is 6. The van der Waals surface area contributed by atoms with Crippen LogP contribution in [0.1, 0.15) is 25.7 Å². The third kappa shape index (κ3) is 3.64. The number of methoxy groups -OCH3 is 1. The van der Waals surface area contributed by atoms with E-state index in [1.165, 1.54) is 0 Å². The van der Waals surface area contributed by atoms with Crippen LogP contribution in [0.25, 0.3) is 0 Å². The molecule has 1 amide bonds. The van der Waals surface area contributed by atoms with Gasteiger partial charge >= 0.3 is 0 Å². The van der Waals surface area contributed by atoms with Gasteiger partial charge in [-0.15, -0.1) is 0 Å². The second-order valence-corrected chi connectivity index (χ2v) is 3.93. The maximum absolute atomic E-state index is 11.5. The monoisotopic (exact) mass is 212 g/mol. The normalized spacial score (nSPS) is 18.8. The maximum atomic E-state index is 11.5. The SMILES string of the molecule is COC1(CC(=O)NC/C=C/CN)CCC1. The van der Waals surface area contributed by atoms with Gasteiger partial charge in [0.2, 0.25) is 5.91 Å².